The minimum absolute atomic E-state index is 0.0873. The lowest BCUT2D eigenvalue weighted by atomic mass is 10.1. The molecule has 138 valence electrons. The second-order valence-corrected chi connectivity index (χ2v) is 6.61. The van der Waals surface area contributed by atoms with Crippen molar-refractivity contribution >= 4 is 5.97 Å². The van der Waals surface area contributed by atoms with E-state index in [1.165, 1.54) is 45.6 Å². The first-order valence-corrected chi connectivity index (χ1v) is 9.80. The van der Waals surface area contributed by atoms with Gasteiger partial charge in [0.2, 0.25) is 0 Å². The minimum Gasteiger partial charge on any atom is -0.469 e. The van der Waals surface area contributed by atoms with E-state index in [9.17, 15) is 4.79 Å². The van der Waals surface area contributed by atoms with E-state index in [2.05, 4.69) is 36.0 Å². The van der Waals surface area contributed by atoms with E-state index in [4.69, 9.17) is 4.74 Å². The van der Waals surface area contributed by atoms with E-state index in [0.29, 0.717) is 18.6 Å². The molecule has 2 unspecified atom stereocenters. The number of esters is 1. The van der Waals surface area contributed by atoms with Gasteiger partial charge in [-0.25, -0.2) is 0 Å². The third kappa shape index (κ3) is 11.4. The predicted octanol–water partition coefficient (Wildman–Crippen LogP) is 5.74. The molecule has 0 radical (unpaired) electrons. The van der Waals surface area contributed by atoms with Crippen LogP contribution < -0.4 is 0 Å². The topological polar surface area (TPSA) is 38.8 Å². The number of hydrogen-bond acceptors (Lipinski definition) is 3. The first kappa shape index (κ1) is 21.0. The molecule has 0 bridgehead atoms. The number of methoxy groups -OCH3 is 1. The van der Waals surface area contributed by atoms with E-state index >= 15 is 0 Å². The summed E-state index contributed by atoms with van der Waals surface area (Å²) < 4.78 is 10.1. The highest BCUT2D eigenvalue weighted by molar-refractivity contribution is 5.68. The van der Waals surface area contributed by atoms with Crippen LogP contribution in [0.1, 0.15) is 84.0 Å². The monoisotopic (exact) mass is 336 g/mol. The molecular weight excluding hydrogens is 300 g/mol. The number of hydrogen-bond donors (Lipinski definition) is 0. The molecule has 0 aromatic heterocycles. The van der Waals surface area contributed by atoms with Crippen LogP contribution in [0.25, 0.3) is 0 Å². The van der Waals surface area contributed by atoms with Gasteiger partial charge >= 0.3 is 5.97 Å². The van der Waals surface area contributed by atoms with E-state index < -0.39 is 0 Å². The predicted molar refractivity (Wildman–Crippen MR) is 100 cm³/mol. The molecule has 24 heavy (non-hydrogen) atoms. The lowest BCUT2D eigenvalue weighted by Gasteiger charge is -1.99. The maximum atomic E-state index is 10.9. The Morgan fingerprint density at radius 3 is 2.04 bits per heavy atom. The van der Waals surface area contributed by atoms with Crippen molar-refractivity contribution in [3.8, 4) is 0 Å². The highest BCUT2D eigenvalue weighted by Gasteiger charge is 2.35. The number of carbonyl (C=O) groups is 1. The third-order valence-electron chi connectivity index (χ3n) is 4.51. The quantitative estimate of drug-likeness (QED) is 0.166. The molecule has 0 amide bonds. The Bertz CT molecular complexity index is 373. The summed E-state index contributed by atoms with van der Waals surface area (Å²) in [4.78, 5) is 10.9. The number of epoxide rings is 1. The number of allylic oxidation sites excluding steroid dienone is 3. The Hall–Kier alpha value is -1.09. The van der Waals surface area contributed by atoms with Gasteiger partial charge in [0.15, 0.2) is 0 Å². The molecule has 0 aromatic rings. The van der Waals surface area contributed by atoms with Crippen molar-refractivity contribution in [1.82, 2.24) is 0 Å². The average Bonchev–Trinajstić information content (AvgIpc) is 3.36. The molecule has 3 nitrogen and oxygen atoms in total. The summed E-state index contributed by atoms with van der Waals surface area (Å²) in [7, 11) is 1.45. The molecule has 0 spiro atoms. The molecule has 1 aliphatic rings. The highest BCUT2D eigenvalue weighted by Crippen LogP contribution is 2.28. The zero-order valence-electron chi connectivity index (χ0n) is 15.7. The Kier molecular flexibility index (Phi) is 12.5. The summed E-state index contributed by atoms with van der Waals surface area (Å²) >= 11 is 0. The summed E-state index contributed by atoms with van der Waals surface area (Å²) in [5, 5.41) is 0. The number of rotatable bonds is 15. The van der Waals surface area contributed by atoms with E-state index in [1.807, 2.05) is 0 Å². The van der Waals surface area contributed by atoms with Crippen LogP contribution in [0.4, 0.5) is 0 Å². The maximum Gasteiger partial charge on any atom is 0.305 e. The van der Waals surface area contributed by atoms with Crippen LogP contribution in [-0.2, 0) is 14.3 Å². The summed E-state index contributed by atoms with van der Waals surface area (Å²) in [6.07, 6.45) is 23.7. The first-order chi connectivity index (χ1) is 11.8. The largest absolute Gasteiger partial charge is 0.469 e. The fourth-order valence-corrected chi connectivity index (χ4v) is 2.84. The van der Waals surface area contributed by atoms with Crippen molar-refractivity contribution in [2.24, 2.45) is 0 Å². The van der Waals surface area contributed by atoms with Crippen LogP contribution in [0.2, 0.25) is 0 Å². The molecule has 1 rings (SSSR count). The second kappa shape index (κ2) is 14.3. The molecule has 1 aliphatic heterocycles. The van der Waals surface area contributed by atoms with Crippen molar-refractivity contribution in [2.45, 2.75) is 96.2 Å². The summed E-state index contributed by atoms with van der Waals surface area (Å²) in [5.41, 5.74) is 0. The molecule has 3 heteroatoms. The van der Waals surface area contributed by atoms with Gasteiger partial charge in [0.1, 0.15) is 0 Å². The molecule has 0 saturated carbocycles. The van der Waals surface area contributed by atoms with Crippen molar-refractivity contribution in [3.63, 3.8) is 0 Å². The molecule has 1 saturated heterocycles. The lowest BCUT2D eigenvalue weighted by Crippen LogP contribution is -1.98. The van der Waals surface area contributed by atoms with Crippen LogP contribution in [0, 0.1) is 0 Å². The van der Waals surface area contributed by atoms with Gasteiger partial charge in [0.05, 0.1) is 19.3 Å². The van der Waals surface area contributed by atoms with Crippen LogP contribution in [-0.4, -0.2) is 25.3 Å². The summed E-state index contributed by atoms with van der Waals surface area (Å²) in [6, 6.07) is 0. The molecule has 1 heterocycles. The number of unbranched alkanes of at least 4 members (excludes halogenated alkanes) is 7. The van der Waals surface area contributed by atoms with Crippen molar-refractivity contribution < 1.29 is 14.3 Å². The molecule has 0 aromatic carbocycles. The van der Waals surface area contributed by atoms with E-state index in [-0.39, 0.29) is 5.97 Å². The van der Waals surface area contributed by atoms with Crippen molar-refractivity contribution in [2.75, 3.05) is 7.11 Å². The first-order valence-electron chi connectivity index (χ1n) is 9.80. The van der Waals surface area contributed by atoms with Gasteiger partial charge in [0, 0.05) is 6.42 Å². The van der Waals surface area contributed by atoms with Gasteiger partial charge in [-0.15, -0.1) is 0 Å². The Labute approximate surface area is 148 Å². The molecular formula is C21H36O3. The Balaban J connectivity index is 1.77. The Morgan fingerprint density at radius 1 is 0.875 bits per heavy atom. The molecule has 1 fully saturated rings. The SMILES string of the molecule is CCC1OC1CC=CCCCCC=CCCCCCCC(=O)OC. The number of ether oxygens (including phenoxy) is 2. The van der Waals surface area contributed by atoms with Crippen LogP contribution in [0.3, 0.4) is 0 Å². The van der Waals surface area contributed by atoms with Gasteiger partial charge in [-0.3, -0.25) is 4.79 Å². The van der Waals surface area contributed by atoms with E-state index in [1.54, 1.807) is 0 Å². The lowest BCUT2D eigenvalue weighted by molar-refractivity contribution is -0.140. The fourth-order valence-electron chi connectivity index (χ4n) is 2.84. The summed E-state index contributed by atoms with van der Waals surface area (Å²) in [6.45, 7) is 2.19. The second-order valence-electron chi connectivity index (χ2n) is 6.61. The minimum atomic E-state index is -0.0873. The zero-order valence-corrected chi connectivity index (χ0v) is 15.7. The van der Waals surface area contributed by atoms with Gasteiger partial charge in [0.25, 0.3) is 0 Å². The average molecular weight is 337 g/mol. The molecule has 0 aliphatic carbocycles. The Morgan fingerprint density at radius 2 is 1.46 bits per heavy atom. The molecule has 0 N–H and O–H groups in total. The molecule has 2 atom stereocenters. The normalized spacial score (nSPS) is 20.1. The number of carbonyl (C=O) groups excluding carboxylic acids is 1. The summed E-state index contributed by atoms with van der Waals surface area (Å²) in [5.74, 6) is -0.0873. The van der Waals surface area contributed by atoms with Gasteiger partial charge in [-0.05, 0) is 57.8 Å². The van der Waals surface area contributed by atoms with Crippen molar-refractivity contribution in [3.05, 3.63) is 24.3 Å². The highest BCUT2D eigenvalue weighted by atomic mass is 16.6. The third-order valence-corrected chi connectivity index (χ3v) is 4.51. The van der Waals surface area contributed by atoms with E-state index in [0.717, 1.165) is 32.1 Å². The fraction of sp³-hybridized carbons (Fsp3) is 0.762. The van der Waals surface area contributed by atoms with Gasteiger partial charge in [-0.1, -0.05) is 44.1 Å². The smallest absolute Gasteiger partial charge is 0.305 e. The van der Waals surface area contributed by atoms with Gasteiger partial charge in [-0.2, -0.15) is 0 Å². The maximum absolute atomic E-state index is 10.9. The standard InChI is InChI=1S/C21H36O3/c1-3-19-20(24-19)17-15-13-11-9-7-5-4-6-8-10-12-14-16-18-21(22)23-2/h4,6,13,15,19-20H,3,5,7-12,14,16-18H2,1-2H3. The van der Waals surface area contributed by atoms with Crippen LogP contribution >= 0.6 is 0 Å². The van der Waals surface area contributed by atoms with Gasteiger partial charge < -0.3 is 9.47 Å². The zero-order chi connectivity index (χ0) is 17.5. The van der Waals surface area contributed by atoms with Crippen LogP contribution in [0.15, 0.2) is 24.3 Å². The van der Waals surface area contributed by atoms with Crippen molar-refractivity contribution in [1.29, 1.82) is 0 Å². The van der Waals surface area contributed by atoms with Crippen LogP contribution in [0.5, 0.6) is 0 Å².